The minimum atomic E-state index is -4.96. The molecule has 3 unspecified atom stereocenters. The normalized spacial score (nSPS) is 14.2. The summed E-state index contributed by atoms with van der Waals surface area (Å²) in [6.07, 6.45) is 62.5. The quantitative estimate of drug-likeness (QED) is 0.0222. The van der Waals surface area contributed by atoms with E-state index in [4.69, 9.17) is 37.0 Å². The maximum absolute atomic E-state index is 13.1. The summed E-state index contributed by atoms with van der Waals surface area (Å²) >= 11 is 0. The second kappa shape index (κ2) is 73.2. The Morgan fingerprint density at radius 2 is 0.500 bits per heavy atom. The fourth-order valence-electron chi connectivity index (χ4n) is 12.8. The Morgan fingerprint density at radius 3 is 0.745 bits per heavy atom. The van der Waals surface area contributed by atoms with Gasteiger partial charge in [-0.15, -0.1) is 0 Å². The number of ether oxygens (including phenoxy) is 4. The monoisotopic (exact) mass is 1490 g/mol. The topological polar surface area (TPSA) is 237 Å². The maximum Gasteiger partial charge on any atom is 0.472 e. The van der Waals surface area contributed by atoms with Crippen molar-refractivity contribution in [3.8, 4) is 0 Å². The van der Waals surface area contributed by atoms with Gasteiger partial charge in [0.2, 0.25) is 0 Å². The van der Waals surface area contributed by atoms with Gasteiger partial charge in [-0.25, -0.2) is 9.13 Å². The van der Waals surface area contributed by atoms with Crippen LogP contribution in [0.1, 0.15) is 434 Å². The average Bonchev–Trinajstić information content (AvgIpc) is 0.919. The molecule has 606 valence electrons. The number of phosphoric ester groups is 2. The highest BCUT2D eigenvalue weighted by atomic mass is 31.2. The van der Waals surface area contributed by atoms with Gasteiger partial charge in [0.25, 0.3) is 0 Å². The molecule has 0 aliphatic carbocycles. The van der Waals surface area contributed by atoms with Crippen LogP contribution >= 0.6 is 15.6 Å². The molecular weight excluding hydrogens is 1330 g/mol. The van der Waals surface area contributed by atoms with Gasteiger partial charge in [0.05, 0.1) is 26.4 Å². The molecule has 0 heterocycles. The largest absolute Gasteiger partial charge is 0.472 e. The maximum atomic E-state index is 13.1. The molecule has 0 aromatic rings. The van der Waals surface area contributed by atoms with Crippen LogP contribution in [0.2, 0.25) is 0 Å². The Bertz CT molecular complexity index is 1980. The summed E-state index contributed by atoms with van der Waals surface area (Å²) in [5.74, 6) is 0.292. The zero-order valence-electron chi connectivity index (χ0n) is 67.1. The Hall–Kier alpha value is -1.94. The van der Waals surface area contributed by atoms with Crippen molar-refractivity contribution in [2.24, 2.45) is 17.8 Å². The van der Waals surface area contributed by atoms with Crippen LogP contribution in [0.25, 0.3) is 0 Å². The van der Waals surface area contributed by atoms with Gasteiger partial charge in [0.1, 0.15) is 19.3 Å². The zero-order valence-corrected chi connectivity index (χ0v) is 68.9. The molecule has 0 radical (unpaired) electrons. The third-order valence-corrected chi connectivity index (χ3v) is 21.6. The lowest BCUT2D eigenvalue weighted by atomic mass is 9.99. The Labute approximate surface area is 626 Å². The van der Waals surface area contributed by atoms with Crippen LogP contribution in [-0.4, -0.2) is 96.7 Å². The van der Waals surface area contributed by atoms with Crippen molar-refractivity contribution in [3.63, 3.8) is 0 Å². The van der Waals surface area contributed by atoms with E-state index in [1.165, 1.54) is 244 Å². The van der Waals surface area contributed by atoms with Crippen LogP contribution in [0.3, 0.4) is 0 Å². The number of esters is 4. The lowest BCUT2D eigenvalue weighted by Gasteiger charge is -2.21. The minimum Gasteiger partial charge on any atom is -0.462 e. The Balaban J connectivity index is 5.21. The van der Waals surface area contributed by atoms with Gasteiger partial charge in [-0.1, -0.05) is 382 Å². The van der Waals surface area contributed by atoms with Crippen molar-refractivity contribution in [2.75, 3.05) is 39.6 Å². The summed E-state index contributed by atoms with van der Waals surface area (Å²) in [5.41, 5.74) is 0. The fourth-order valence-corrected chi connectivity index (χ4v) is 14.4. The van der Waals surface area contributed by atoms with E-state index < -0.39 is 97.5 Å². The molecule has 0 aliphatic heterocycles. The summed E-state index contributed by atoms with van der Waals surface area (Å²) in [6, 6.07) is 0. The van der Waals surface area contributed by atoms with Gasteiger partial charge in [-0.3, -0.25) is 37.3 Å². The van der Waals surface area contributed by atoms with Crippen LogP contribution in [0.4, 0.5) is 0 Å². The highest BCUT2D eigenvalue weighted by molar-refractivity contribution is 7.47. The Kier molecular flexibility index (Phi) is 71.8. The number of carbonyl (C=O) groups is 4. The molecule has 0 amide bonds. The predicted octanol–water partition coefficient (Wildman–Crippen LogP) is 24.9. The van der Waals surface area contributed by atoms with Crippen LogP contribution in [0, 0.1) is 17.8 Å². The van der Waals surface area contributed by atoms with Gasteiger partial charge >= 0.3 is 39.5 Å². The summed E-state index contributed by atoms with van der Waals surface area (Å²) < 4.78 is 68.7. The van der Waals surface area contributed by atoms with Gasteiger partial charge in [0.15, 0.2) is 12.2 Å². The summed E-state index contributed by atoms with van der Waals surface area (Å²) in [5, 5.41) is 10.6. The van der Waals surface area contributed by atoms with E-state index in [0.29, 0.717) is 25.7 Å². The van der Waals surface area contributed by atoms with E-state index in [9.17, 15) is 43.2 Å². The van der Waals surface area contributed by atoms with Crippen molar-refractivity contribution >= 4 is 39.5 Å². The minimum absolute atomic E-state index is 0.105. The first-order valence-electron chi connectivity index (χ1n) is 42.9. The zero-order chi connectivity index (χ0) is 75.1. The number of phosphoric acid groups is 2. The second-order valence-electron chi connectivity index (χ2n) is 31.1. The van der Waals surface area contributed by atoms with Gasteiger partial charge in [0, 0.05) is 25.7 Å². The first-order valence-corrected chi connectivity index (χ1v) is 45.9. The van der Waals surface area contributed by atoms with Crippen molar-refractivity contribution < 1.29 is 80.2 Å². The molecule has 17 nitrogen and oxygen atoms in total. The molecule has 0 aromatic carbocycles. The van der Waals surface area contributed by atoms with Crippen molar-refractivity contribution in [1.82, 2.24) is 0 Å². The van der Waals surface area contributed by atoms with Gasteiger partial charge < -0.3 is 33.8 Å². The first-order chi connectivity index (χ1) is 49.3. The van der Waals surface area contributed by atoms with E-state index in [1.54, 1.807) is 0 Å². The third kappa shape index (κ3) is 74.9. The molecule has 102 heavy (non-hydrogen) atoms. The van der Waals surface area contributed by atoms with Crippen LogP contribution in [0.15, 0.2) is 0 Å². The smallest absolute Gasteiger partial charge is 0.462 e. The molecule has 0 saturated heterocycles. The lowest BCUT2D eigenvalue weighted by Crippen LogP contribution is -2.30. The average molecular weight is 1490 g/mol. The summed E-state index contributed by atoms with van der Waals surface area (Å²) in [7, 11) is -9.92. The van der Waals surface area contributed by atoms with Crippen molar-refractivity contribution in [3.05, 3.63) is 0 Å². The highest BCUT2D eigenvalue weighted by Gasteiger charge is 2.30. The summed E-state index contributed by atoms with van der Waals surface area (Å²) in [4.78, 5) is 73.0. The number of unbranched alkanes of at least 4 members (excludes halogenated alkanes) is 48. The SMILES string of the molecule is CCCCCCCCCCCCC(=O)OC[C@H](COP(=O)(O)OC[C@H](O)COP(=O)(O)OC[C@@H](COC(=O)CCCCCCCCCCCCCCCCCCC(C)C)OC(=O)CCCCCCCCCCCCCCCCCCCCC(C)C)OC(=O)CCCCCCCCCCC(C)CC. The number of rotatable bonds is 81. The molecular formula is C83H162O17P2. The molecule has 3 N–H and O–H groups in total. The number of carbonyl (C=O) groups excluding carboxylic acids is 4. The lowest BCUT2D eigenvalue weighted by molar-refractivity contribution is -0.161. The van der Waals surface area contributed by atoms with Crippen molar-refractivity contribution in [1.29, 1.82) is 0 Å². The van der Waals surface area contributed by atoms with Crippen LogP contribution in [0.5, 0.6) is 0 Å². The van der Waals surface area contributed by atoms with E-state index in [-0.39, 0.29) is 25.7 Å². The summed E-state index contributed by atoms with van der Waals surface area (Å²) in [6.45, 7) is 12.0. The van der Waals surface area contributed by atoms with Crippen LogP contribution in [-0.2, 0) is 65.4 Å². The number of hydrogen-bond donors (Lipinski definition) is 3. The van der Waals surface area contributed by atoms with Gasteiger partial charge in [-0.2, -0.15) is 0 Å². The van der Waals surface area contributed by atoms with Gasteiger partial charge in [-0.05, 0) is 43.4 Å². The standard InChI is InChI=1S/C83H162O17P2/c1-8-10-11-12-13-14-35-43-50-57-64-80(85)93-71-79(100-83(88)67-60-53-46-39-38-42-49-56-63-76(7)9-2)73-98-102(91,92)96-69-77(84)68-95-101(89,90)97-72-78(70-94-81(86)65-58-51-44-36-31-27-23-20-19-22-26-30-34-41-48-55-62-75(5)6)99-82(87)66-59-52-45-37-32-28-24-18-16-15-17-21-25-29-33-40-47-54-61-74(3)4/h74-79,84H,8-73H2,1-7H3,(H,89,90)(H,91,92)/t76?,77-,78-,79-/m1/s1. The molecule has 0 spiro atoms. The van der Waals surface area contributed by atoms with E-state index in [2.05, 4.69) is 48.5 Å². The number of aliphatic hydroxyl groups is 1. The predicted molar refractivity (Wildman–Crippen MR) is 418 cm³/mol. The van der Waals surface area contributed by atoms with Crippen LogP contribution < -0.4 is 0 Å². The molecule has 0 bridgehead atoms. The molecule has 0 fully saturated rings. The molecule has 0 saturated carbocycles. The Morgan fingerprint density at radius 1 is 0.284 bits per heavy atom. The van der Waals surface area contributed by atoms with E-state index >= 15 is 0 Å². The number of aliphatic hydroxyl groups excluding tert-OH is 1. The highest BCUT2D eigenvalue weighted by Crippen LogP contribution is 2.45. The molecule has 19 heteroatoms. The van der Waals surface area contributed by atoms with E-state index in [0.717, 1.165) is 108 Å². The molecule has 0 aromatic heterocycles. The van der Waals surface area contributed by atoms with E-state index in [1.807, 2.05) is 0 Å². The molecule has 0 aliphatic rings. The fraction of sp³-hybridized carbons (Fsp3) is 0.952. The number of hydrogen-bond acceptors (Lipinski definition) is 15. The third-order valence-electron chi connectivity index (χ3n) is 19.7. The first kappa shape index (κ1) is 100. The second-order valence-corrected chi connectivity index (χ2v) is 34.0. The van der Waals surface area contributed by atoms with Crippen molar-refractivity contribution in [2.45, 2.75) is 452 Å². The molecule has 0 rings (SSSR count). The molecule has 6 atom stereocenters.